The van der Waals surface area contributed by atoms with Gasteiger partial charge in [0.25, 0.3) is 0 Å². The molecule has 0 unspecified atom stereocenters. The van der Waals surface area contributed by atoms with E-state index in [-0.39, 0.29) is 17.3 Å². The average Bonchev–Trinajstić information content (AvgIpc) is 2.83. The zero-order chi connectivity index (χ0) is 14.8. The Labute approximate surface area is 116 Å². The van der Waals surface area contributed by atoms with E-state index in [1.54, 1.807) is 31.5 Å². The van der Waals surface area contributed by atoms with E-state index in [2.05, 4.69) is 10.4 Å². The van der Waals surface area contributed by atoms with Crippen LogP contribution in [0.15, 0.2) is 41.6 Å². The minimum atomic E-state index is -3.80. The van der Waals surface area contributed by atoms with Crippen LogP contribution in [0, 0.1) is 6.92 Å². The fraction of sp³-hybridized carbons (Fsp3) is 0.167. The standard InChI is InChI=1S/C12H14N4O3S/c1-9-3-4-10(20(13,18)19)7-11(9)15-12(17)8-16-6-2-5-14-16/h2-7H,8H2,1H3,(H,15,17)(H2,13,18,19). The normalized spacial score (nSPS) is 11.3. The molecule has 0 radical (unpaired) electrons. The van der Waals surface area contributed by atoms with Gasteiger partial charge in [0.05, 0.1) is 4.90 Å². The van der Waals surface area contributed by atoms with Crippen LogP contribution >= 0.6 is 0 Å². The van der Waals surface area contributed by atoms with Crippen molar-refractivity contribution in [2.24, 2.45) is 5.14 Å². The number of aryl methyl sites for hydroxylation is 1. The summed E-state index contributed by atoms with van der Waals surface area (Å²) in [6.45, 7) is 1.81. The molecule has 3 N–H and O–H groups in total. The Morgan fingerprint density at radius 3 is 2.80 bits per heavy atom. The third kappa shape index (κ3) is 3.43. The monoisotopic (exact) mass is 294 g/mol. The predicted molar refractivity (Wildman–Crippen MR) is 73.4 cm³/mol. The molecule has 0 aliphatic heterocycles. The van der Waals surface area contributed by atoms with Crippen LogP contribution in [-0.2, 0) is 21.4 Å². The van der Waals surface area contributed by atoms with E-state index in [0.29, 0.717) is 5.69 Å². The lowest BCUT2D eigenvalue weighted by molar-refractivity contribution is -0.116. The first-order valence-electron chi connectivity index (χ1n) is 5.77. The van der Waals surface area contributed by atoms with Crippen LogP contribution in [0.5, 0.6) is 0 Å². The first kappa shape index (κ1) is 14.2. The number of amides is 1. The number of anilines is 1. The van der Waals surface area contributed by atoms with Crippen LogP contribution in [0.2, 0.25) is 0 Å². The molecule has 0 spiro atoms. The van der Waals surface area contributed by atoms with Crippen LogP contribution in [0.3, 0.4) is 0 Å². The number of hydrogen-bond acceptors (Lipinski definition) is 4. The van der Waals surface area contributed by atoms with Gasteiger partial charge >= 0.3 is 0 Å². The lowest BCUT2D eigenvalue weighted by atomic mass is 10.2. The van der Waals surface area contributed by atoms with Crippen molar-refractivity contribution in [3.8, 4) is 0 Å². The Kier molecular flexibility index (Phi) is 3.86. The average molecular weight is 294 g/mol. The van der Waals surface area contributed by atoms with Crippen LogP contribution in [0.4, 0.5) is 5.69 Å². The minimum absolute atomic E-state index is 0.0440. The molecule has 7 nitrogen and oxygen atoms in total. The Morgan fingerprint density at radius 2 is 2.20 bits per heavy atom. The number of benzene rings is 1. The maximum absolute atomic E-state index is 11.8. The van der Waals surface area contributed by atoms with Crippen LogP contribution in [0.1, 0.15) is 5.56 Å². The van der Waals surface area contributed by atoms with Gasteiger partial charge in [0, 0.05) is 18.1 Å². The fourth-order valence-electron chi connectivity index (χ4n) is 1.64. The third-order valence-corrected chi connectivity index (χ3v) is 3.59. The molecule has 0 bridgehead atoms. The molecule has 106 valence electrons. The van der Waals surface area contributed by atoms with E-state index in [1.165, 1.54) is 16.8 Å². The lowest BCUT2D eigenvalue weighted by Crippen LogP contribution is -2.20. The molecule has 8 heteroatoms. The Balaban J connectivity index is 2.18. The molecule has 1 aromatic heterocycles. The fourth-order valence-corrected chi connectivity index (χ4v) is 2.18. The first-order valence-corrected chi connectivity index (χ1v) is 7.31. The molecule has 0 saturated heterocycles. The largest absolute Gasteiger partial charge is 0.324 e. The molecule has 20 heavy (non-hydrogen) atoms. The van der Waals surface area contributed by atoms with Gasteiger partial charge in [-0.05, 0) is 30.7 Å². The maximum atomic E-state index is 11.8. The highest BCUT2D eigenvalue weighted by molar-refractivity contribution is 7.89. The van der Waals surface area contributed by atoms with Crippen molar-refractivity contribution in [1.29, 1.82) is 0 Å². The lowest BCUT2D eigenvalue weighted by Gasteiger charge is -2.10. The van der Waals surface area contributed by atoms with E-state index in [4.69, 9.17) is 5.14 Å². The molecule has 0 aliphatic carbocycles. The van der Waals surface area contributed by atoms with Crippen LogP contribution < -0.4 is 10.5 Å². The molecule has 1 heterocycles. The van der Waals surface area contributed by atoms with Crippen molar-refractivity contribution >= 4 is 21.6 Å². The van der Waals surface area contributed by atoms with E-state index in [0.717, 1.165) is 5.56 Å². The van der Waals surface area contributed by atoms with Gasteiger partial charge in [-0.2, -0.15) is 5.10 Å². The van der Waals surface area contributed by atoms with Crippen molar-refractivity contribution in [2.45, 2.75) is 18.4 Å². The van der Waals surface area contributed by atoms with Gasteiger partial charge < -0.3 is 5.32 Å². The summed E-state index contributed by atoms with van der Waals surface area (Å²) in [5.74, 6) is -0.302. The van der Waals surface area contributed by atoms with Gasteiger partial charge in [0.1, 0.15) is 6.54 Å². The summed E-state index contributed by atoms with van der Waals surface area (Å²) in [6.07, 6.45) is 3.23. The van der Waals surface area contributed by atoms with Crippen LogP contribution in [0.25, 0.3) is 0 Å². The molecular formula is C12H14N4O3S. The summed E-state index contributed by atoms with van der Waals surface area (Å²) >= 11 is 0. The summed E-state index contributed by atoms with van der Waals surface area (Å²) in [5.41, 5.74) is 1.15. The van der Waals surface area contributed by atoms with E-state index >= 15 is 0 Å². The second-order valence-electron chi connectivity index (χ2n) is 4.27. The van der Waals surface area contributed by atoms with Crippen molar-refractivity contribution in [3.05, 3.63) is 42.2 Å². The molecule has 1 aromatic carbocycles. The van der Waals surface area contributed by atoms with Crippen molar-refractivity contribution < 1.29 is 13.2 Å². The number of nitrogens with one attached hydrogen (secondary N) is 1. The molecule has 0 fully saturated rings. The van der Waals surface area contributed by atoms with E-state index in [9.17, 15) is 13.2 Å². The van der Waals surface area contributed by atoms with Crippen molar-refractivity contribution in [3.63, 3.8) is 0 Å². The van der Waals surface area contributed by atoms with E-state index < -0.39 is 10.0 Å². The van der Waals surface area contributed by atoms with Crippen molar-refractivity contribution in [1.82, 2.24) is 9.78 Å². The number of primary sulfonamides is 1. The van der Waals surface area contributed by atoms with Crippen LogP contribution in [-0.4, -0.2) is 24.1 Å². The number of carbonyl (C=O) groups excluding carboxylic acids is 1. The van der Waals surface area contributed by atoms with Gasteiger partial charge in [-0.1, -0.05) is 6.07 Å². The first-order chi connectivity index (χ1) is 9.36. The zero-order valence-electron chi connectivity index (χ0n) is 10.8. The quantitative estimate of drug-likeness (QED) is 0.855. The molecule has 1 amide bonds. The molecule has 2 rings (SSSR count). The van der Waals surface area contributed by atoms with Gasteiger partial charge in [0.2, 0.25) is 15.9 Å². The zero-order valence-corrected chi connectivity index (χ0v) is 11.6. The number of aromatic nitrogens is 2. The highest BCUT2D eigenvalue weighted by Crippen LogP contribution is 2.19. The second kappa shape index (κ2) is 5.43. The number of carbonyl (C=O) groups is 1. The summed E-state index contributed by atoms with van der Waals surface area (Å²) in [5, 5.41) is 11.6. The summed E-state index contributed by atoms with van der Waals surface area (Å²) in [4.78, 5) is 11.8. The molecular weight excluding hydrogens is 280 g/mol. The summed E-state index contributed by atoms with van der Waals surface area (Å²) < 4.78 is 24.0. The molecule has 0 atom stereocenters. The Bertz CT molecular complexity index is 723. The third-order valence-electron chi connectivity index (χ3n) is 2.68. The minimum Gasteiger partial charge on any atom is -0.324 e. The molecule has 2 aromatic rings. The Morgan fingerprint density at radius 1 is 1.45 bits per heavy atom. The summed E-state index contributed by atoms with van der Waals surface area (Å²) in [6, 6.07) is 6.03. The summed E-state index contributed by atoms with van der Waals surface area (Å²) in [7, 11) is -3.80. The second-order valence-corrected chi connectivity index (χ2v) is 5.83. The topological polar surface area (TPSA) is 107 Å². The van der Waals surface area contributed by atoms with Gasteiger partial charge in [-0.15, -0.1) is 0 Å². The highest BCUT2D eigenvalue weighted by atomic mass is 32.2. The van der Waals surface area contributed by atoms with E-state index in [1.807, 2.05) is 0 Å². The van der Waals surface area contributed by atoms with Crippen molar-refractivity contribution in [2.75, 3.05) is 5.32 Å². The van der Waals surface area contributed by atoms with Gasteiger partial charge in [0.15, 0.2) is 0 Å². The predicted octanol–water partition coefficient (Wildman–Crippen LogP) is 0.478. The SMILES string of the molecule is Cc1ccc(S(N)(=O)=O)cc1NC(=O)Cn1cccn1. The number of rotatable bonds is 4. The smallest absolute Gasteiger partial charge is 0.246 e. The maximum Gasteiger partial charge on any atom is 0.246 e. The highest BCUT2D eigenvalue weighted by Gasteiger charge is 2.12. The van der Waals surface area contributed by atoms with Gasteiger partial charge in [-0.25, -0.2) is 13.6 Å². The molecule has 0 aliphatic rings. The number of nitrogens with two attached hydrogens (primary N) is 1. The number of hydrogen-bond donors (Lipinski definition) is 2. The molecule has 0 saturated carbocycles. The van der Waals surface area contributed by atoms with Gasteiger partial charge in [-0.3, -0.25) is 9.48 Å². The number of sulfonamides is 1. The Hall–Kier alpha value is -2.19. The number of nitrogens with zero attached hydrogens (tertiary/aromatic N) is 2.